The highest BCUT2D eigenvalue weighted by Crippen LogP contribution is 2.26. The van der Waals surface area contributed by atoms with E-state index in [1.54, 1.807) is 30.6 Å². The van der Waals surface area contributed by atoms with Crippen molar-refractivity contribution in [3.05, 3.63) is 33.3 Å². The summed E-state index contributed by atoms with van der Waals surface area (Å²) in [7, 11) is 0. The number of ether oxygens (including phenoxy) is 1. The molecule has 0 aliphatic heterocycles. The third kappa shape index (κ3) is 3.09. The molecule has 0 radical (unpaired) electrons. The van der Waals surface area contributed by atoms with Gasteiger partial charge in [-0.1, -0.05) is 25.4 Å². The minimum atomic E-state index is -0.373. The van der Waals surface area contributed by atoms with Gasteiger partial charge in [0.2, 0.25) is 0 Å². The van der Waals surface area contributed by atoms with Gasteiger partial charge in [0, 0.05) is 0 Å². The topological polar surface area (TPSA) is 43.6 Å². The number of esters is 1. The van der Waals surface area contributed by atoms with Crippen LogP contribution >= 0.6 is 27.5 Å². The van der Waals surface area contributed by atoms with Crippen LogP contribution in [0.2, 0.25) is 5.15 Å². The first-order valence-corrected chi connectivity index (χ1v) is 7.22. The highest BCUT2D eigenvalue weighted by molar-refractivity contribution is 9.10. The van der Waals surface area contributed by atoms with Crippen LogP contribution in [-0.2, 0) is 4.74 Å². The fourth-order valence-electron chi connectivity index (χ4n) is 1.58. The zero-order chi connectivity index (χ0) is 14.6. The highest BCUT2D eigenvalue weighted by atomic mass is 79.9. The van der Waals surface area contributed by atoms with Gasteiger partial charge < -0.3 is 4.74 Å². The summed E-state index contributed by atoms with van der Waals surface area (Å²) in [6, 6.07) is 1.72. The van der Waals surface area contributed by atoms with E-state index in [2.05, 4.69) is 20.9 Å². The molecule has 0 aromatic carbocycles. The molecule has 2 rings (SSSR count). The molecule has 104 valence electrons. The van der Waals surface area contributed by atoms with Crippen LogP contribution in [0.25, 0.3) is 5.52 Å². The van der Waals surface area contributed by atoms with Crippen LogP contribution < -0.4 is 0 Å². The van der Waals surface area contributed by atoms with Crippen molar-refractivity contribution in [3.63, 3.8) is 0 Å². The Labute approximate surface area is 125 Å². The normalized spacial score (nSPS) is 10.0. The van der Waals surface area contributed by atoms with Crippen LogP contribution in [0.5, 0.6) is 0 Å². The second-order valence-electron chi connectivity index (χ2n) is 3.48. The first-order chi connectivity index (χ1) is 9.06. The molecule has 0 aliphatic rings. The molecule has 0 saturated heterocycles. The van der Waals surface area contributed by atoms with Crippen LogP contribution in [0.15, 0.2) is 17.0 Å². The largest absolute Gasteiger partial charge is 0.462 e. The molecule has 2 aromatic heterocycles. The molecular formula is C13H16BrClN2O2. The van der Waals surface area contributed by atoms with Gasteiger partial charge in [-0.3, -0.25) is 4.40 Å². The van der Waals surface area contributed by atoms with E-state index in [0.29, 0.717) is 27.5 Å². The Morgan fingerprint density at radius 1 is 1.53 bits per heavy atom. The number of nitrogens with zero attached hydrogens (tertiary/aromatic N) is 2. The monoisotopic (exact) mass is 346 g/mol. The zero-order valence-electron chi connectivity index (χ0n) is 11.3. The van der Waals surface area contributed by atoms with E-state index < -0.39 is 0 Å². The molecule has 4 nitrogen and oxygen atoms in total. The molecule has 19 heavy (non-hydrogen) atoms. The maximum atomic E-state index is 11.8. The minimum Gasteiger partial charge on any atom is -0.462 e. The predicted octanol–water partition coefficient (Wildman–Crippen LogP) is 4.26. The Morgan fingerprint density at radius 3 is 2.74 bits per heavy atom. The molecule has 2 aromatic rings. The number of hydrogen-bond donors (Lipinski definition) is 0. The highest BCUT2D eigenvalue weighted by Gasteiger charge is 2.17. The van der Waals surface area contributed by atoms with Crippen molar-refractivity contribution < 1.29 is 9.53 Å². The smallest absolute Gasteiger partial charge is 0.338 e. The first-order valence-electron chi connectivity index (χ1n) is 6.05. The molecule has 0 spiro atoms. The van der Waals surface area contributed by atoms with E-state index in [-0.39, 0.29) is 5.97 Å². The fourth-order valence-corrected chi connectivity index (χ4v) is 2.21. The van der Waals surface area contributed by atoms with Crippen molar-refractivity contribution in [1.29, 1.82) is 0 Å². The summed E-state index contributed by atoms with van der Waals surface area (Å²) in [6.45, 7) is 7.88. The molecule has 0 saturated carbocycles. The third-order valence-electron chi connectivity index (χ3n) is 2.46. The molecule has 0 unspecified atom stereocenters. The Balaban J connectivity index is 0.000000861. The summed E-state index contributed by atoms with van der Waals surface area (Å²) in [5.74, 6) is -0.373. The Bertz CT molecular complexity index is 596. The number of hydrogen-bond acceptors (Lipinski definition) is 3. The maximum Gasteiger partial charge on any atom is 0.338 e. The number of carbonyl (C=O) groups excluding carboxylic acids is 1. The number of rotatable bonds is 2. The van der Waals surface area contributed by atoms with E-state index in [4.69, 9.17) is 16.3 Å². The van der Waals surface area contributed by atoms with Crippen LogP contribution in [0, 0.1) is 6.92 Å². The average Bonchev–Trinajstić information content (AvgIpc) is 2.78. The maximum absolute atomic E-state index is 11.8. The average molecular weight is 348 g/mol. The van der Waals surface area contributed by atoms with E-state index in [1.807, 2.05) is 13.8 Å². The summed E-state index contributed by atoms with van der Waals surface area (Å²) >= 11 is 9.49. The summed E-state index contributed by atoms with van der Waals surface area (Å²) < 4.78 is 7.34. The number of carbonyl (C=O) groups is 1. The van der Waals surface area contributed by atoms with E-state index in [1.165, 1.54) is 0 Å². The number of fused-ring (bicyclic) bond motifs is 1. The van der Waals surface area contributed by atoms with Crippen LogP contribution in [0.1, 0.15) is 36.7 Å². The van der Waals surface area contributed by atoms with Crippen molar-refractivity contribution in [3.8, 4) is 0 Å². The molecule has 2 heterocycles. The Hall–Kier alpha value is -1.07. The zero-order valence-corrected chi connectivity index (χ0v) is 13.7. The summed E-state index contributed by atoms with van der Waals surface area (Å²) in [5, 5.41) is 0.462. The second-order valence-corrected chi connectivity index (χ2v) is 4.59. The molecule has 6 heteroatoms. The fraction of sp³-hybridized carbons (Fsp3) is 0.385. The predicted molar refractivity (Wildman–Crippen MR) is 79.9 cm³/mol. The van der Waals surface area contributed by atoms with Gasteiger partial charge in [-0.2, -0.15) is 0 Å². The first kappa shape index (κ1) is 16.0. The molecule has 0 bridgehead atoms. The van der Waals surface area contributed by atoms with Crippen LogP contribution in [-0.4, -0.2) is 22.0 Å². The summed E-state index contributed by atoms with van der Waals surface area (Å²) in [4.78, 5) is 15.9. The number of halogens is 2. The SMILES string of the molecule is CC.CCOC(=O)c1cc2c(Br)ncn2c(Cl)c1C. The number of imidazole rings is 1. The molecular weight excluding hydrogens is 332 g/mol. The van der Waals surface area contributed by atoms with Gasteiger partial charge in [-0.05, 0) is 41.4 Å². The van der Waals surface area contributed by atoms with Gasteiger partial charge >= 0.3 is 5.97 Å². The minimum absolute atomic E-state index is 0.335. The van der Waals surface area contributed by atoms with Crippen molar-refractivity contribution >= 4 is 39.0 Å². The summed E-state index contributed by atoms with van der Waals surface area (Å²) in [6.07, 6.45) is 1.60. The number of pyridine rings is 1. The standard InChI is InChI=1S/C11H10BrClN2O2.C2H6/c1-3-17-11(16)7-4-8-9(12)14-5-15(8)10(13)6(7)2;1-2/h4-5H,3H2,1-2H3;1-2H3. The van der Waals surface area contributed by atoms with Crippen molar-refractivity contribution in [2.75, 3.05) is 6.61 Å². The van der Waals surface area contributed by atoms with Crippen molar-refractivity contribution in [2.24, 2.45) is 0 Å². The number of aromatic nitrogens is 2. The quantitative estimate of drug-likeness (QED) is 0.602. The lowest BCUT2D eigenvalue weighted by Gasteiger charge is -2.09. The Morgan fingerprint density at radius 2 is 2.16 bits per heavy atom. The molecule has 0 aliphatic carbocycles. The van der Waals surface area contributed by atoms with Gasteiger partial charge in [-0.25, -0.2) is 9.78 Å². The molecule has 0 N–H and O–H groups in total. The van der Waals surface area contributed by atoms with Crippen LogP contribution in [0.3, 0.4) is 0 Å². The van der Waals surface area contributed by atoms with Gasteiger partial charge in [0.15, 0.2) is 0 Å². The van der Waals surface area contributed by atoms with E-state index in [9.17, 15) is 4.79 Å². The van der Waals surface area contributed by atoms with Crippen molar-refractivity contribution in [2.45, 2.75) is 27.7 Å². The molecule has 0 amide bonds. The van der Waals surface area contributed by atoms with E-state index >= 15 is 0 Å². The van der Waals surface area contributed by atoms with Gasteiger partial charge in [0.1, 0.15) is 16.1 Å². The lowest BCUT2D eigenvalue weighted by Crippen LogP contribution is -2.08. The van der Waals surface area contributed by atoms with E-state index in [0.717, 1.165) is 5.52 Å². The molecule has 0 fully saturated rings. The lowest BCUT2D eigenvalue weighted by molar-refractivity contribution is 0.0525. The summed E-state index contributed by atoms with van der Waals surface area (Å²) in [5.41, 5.74) is 1.89. The van der Waals surface area contributed by atoms with Crippen LogP contribution in [0.4, 0.5) is 0 Å². The lowest BCUT2D eigenvalue weighted by atomic mass is 10.1. The molecule has 0 atom stereocenters. The van der Waals surface area contributed by atoms with Crippen molar-refractivity contribution in [1.82, 2.24) is 9.38 Å². The second kappa shape index (κ2) is 6.91. The van der Waals surface area contributed by atoms with Gasteiger partial charge in [0.05, 0.1) is 17.7 Å². The van der Waals surface area contributed by atoms with Gasteiger partial charge in [-0.15, -0.1) is 0 Å². The Kier molecular flexibility index (Phi) is 5.82. The third-order valence-corrected chi connectivity index (χ3v) is 3.54. The van der Waals surface area contributed by atoms with Gasteiger partial charge in [0.25, 0.3) is 0 Å².